The first-order valence-corrected chi connectivity index (χ1v) is 17.7. The van der Waals surface area contributed by atoms with Crippen LogP contribution in [0.4, 0.5) is 87.8 Å². The molecule has 7 aromatic rings. The minimum absolute atomic E-state index is 0.878. The monoisotopic (exact) mass is 977 g/mol. The SMILES string of the molecule is Brc1ccc2ccccc2[n+]1Cc1ccccc1.Fc1c(F)c(F)c([B-](c2c(F)c(F)c(F)c(F)c2F)(c2c(F)c(F)c(F)c(F)c2F)c2c(F)c(F)c(F)c(F)c2F)c(F)c1F. The predicted octanol–water partition coefficient (Wildman–Crippen LogP) is 9.78. The number of halogens is 21. The van der Waals surface area contributed by atoms with Gasteiger partial charge in [-0.3, -0.25) is 0 Å². The maximum Gasteiger partial charge on any atom is 0.248 e. The number of nitrogens with zero attached hydrogens (tertiary/aromatic N) is 1. The Morgan fingerprint density at radius 3 is 0.905 bits per heavy atom. The lowest BCUT2D eigenvalue weighted by Gasteiger charge is -2.44. The van der Waals surface area contributed by atoms with Gasteiger partial charge in [0.05, 0.1) is 0 Å². The maximum absolute atomic E-state index is 15.4. The molecule has 0 radical (unpaired) electrons. The zero-order chi connectivity index (χ0) is 46.7. The van der Waals surface area contributed by atoms with Crippen LogP contribution in [-0.4, -0.2) is 6.15 Å². The first kappa shape index (κ1) is 46.4. The van der Waals surface area contributed by atoms with Gasteiger partial charge in [0.15, 0.2) is 76.4 Å². The number of pyridine rings is 1. The van der Waals surface area contributed by atoms with Gasteiger partial charge in [0.1, 0.15) is 52.7 Å². The molecule has 0 fully saturated rings. The molecule has 0 saturated carbocycles. The Bertz CT molecular complexity index is 2620. The molecular weight excluding hydrogens is 965 g/mol. The van der Waals surface area contributed by atoms with Crippen LogP contribution >= 0.6 is 15.9 Å². The molecule has 7 rings (SSSR count). The minimum atomic E-state index is -7.22. The molecule has 1 nitrogen and oxygen atoms in total. The molecule has 0 aliphatic carbocycles. The van der Waals surface area contributed by atoms with E-state index in [0.717, 1.165) is 11.1 Å². The lowest BCUT2D eigenvalue weighted by Crippen LogP contribution is -2.81. The second-order valence-electron chi connectivity index (χ2n) is 13.1. The van der Waals surface area contributed by atoms with E-state index < -0.39 is 144 Å². The van der Waals surface area contributed by atoms with Gasteiger partial charge in [0.25, 0.3) is 0 Å². The van der Waals surface area contributed by atoms with Gasteiger partial charge in [-0.15, -0.1) is 21.9 Å². The molecule has 0 atom stereocenters. The van der Waals surface area contributed by atoms with Crippen LogP contribution in [-0.2, 0) is 6.54 Å². The normalized spacial score (nSPS) is 11.6. The molecule has 0 amide bonds. The molecule has 1 heterocycles. The molecule has 1 aromatic heterocycles. The Balaban J connectivity index is 0.000000302. The number of aromatic nitrogens is 1. The summed E-state index contributed by atoms with van der Waals surface area (Å²) in [5.41, 5.74) is -11.8. The third-order valence-corrected chi connectivity index (χ3v) is 10.5. The highest BCUT2D eigenvalue weighted by Crippen LogP contribution is 2.31. The molecule has 328 valence electrons. The quantitative estimate of drug-likeness (QED) is 0.0391. The van der Waals surface area contributed by atoms with Crippen LogP contribution in [0, 0.1) is 116 Å². The fourth-order valence-electron chi connectivity index (χ4n) is 7.04. The Labute approximate surface area is 346 Å². The third-order valence-electron chi connectivity index (χ3n) is 9.78. The second kappa shape index (κ2) is 17.2. The van der Waals surface area contributed by atoms with Gasteiger partial charge in [-0.05, 0) is 12.1 Å². The maximum atomic E-state index is 15.4. The average Bonchev–Trinajstić information content (AvgIpc) is 3.27. The van der Waals surface area contributed by atoms with E-state index in [1.54, 1.807) is 0 Å². The summed E-state index contributed by atoms with van der Waals surface area (Å²) in [5, 5.41) is 1.26. The van der Waals surface area contributed by atoms with Crippen LogP contribution in [0.15, 0.2) is 71.3 Å². The Morgan fingerprint density at radius 1 is 0.317 bits per heavy atom. The molecule has 23 heteroatoms. The van der Waals surface area contributed by atoms with E-state index in [1.807, 2.05) is 6.07 Å². The highest BCUT2D eigenvalue weighted by molar-refractivity contribution is 9.10. The number of fused-ring (bicyclic) bond motifs is 1. The highest BCUT2D eigenvalue weighted by atomic mass is 79.9. The van der Waals surface area contributed by atoms with Crippen molar-refractivity contribution in [2.45, 2.75) is 6.54 Å². The summed E-state index contributed by atoms with van der Waals surface area (Å²) in [7, 11) is 0. The molecule has 0 unspecified atom stereocenters. The largest absolute Gasteiger partial charge is 0.248 e. The van der Waals surface area contributed by atoms with E-state index in [2.05, 4.69) is 81.2 Å². The fraction of sp³-hybridized carbons (Fsp3) is 0.0250. The number of benzene rings is 6. The first-order valence-electron chi connectivity index (χ1n) is 16.9. The van der Waals surface area contributed by atoms with E-state index in [1.165, 1.54) is 16.5 Å². The van der Waals surface area contributed by atoms with E-state index >= 15 is 35.1 Å². The van der Waals surface area contributed by atoms with Crippen molar-refractivity contribution in [3.63, 3.8) is 0 Å². The van der Waals surface area contributed by atoms with Crippen molar-refractivity contribution < 1.29 is 92.4 Å². The summed E-state index contributed by atoms with van der Waals surface area (Å²) in [6.07, 6.45) is -7.22. The number of hydrogen-bond donors (Lipinski definition) is 0. The highest BCUT2D eigenvalue weighted by Gasteiger charge is 2.52. The first-order chi connectivity index (χ1) is 29.5. The van der Waals surface area contributed by atoms with Crippen LogP contribution in [0.3, 0.4) is 0 Å². The van der Waals surface area contributed by atoms with Crippen molar-refractivity contribution >= 4 is 54.8 Å². The van der Waals surface area contributed by atoms with E-state index in [0.29, 0.717) is 0 Å². The van der Waals surface area contributed by atoms with E-state index in [4.69, 9.17) is 0 Å². The summed E-state index contributed by atoms with van der Waals surface area (Å²) in [5.74, 6) is -71.4. The van der Waals surface area contributed by atoms with Crippen molar-refractivity contribution in [3.05, 3.63) is 193 Å². The van der Waals surface area contributed by atoms with Gasteiger partial charge in [0, 0.05) is 39.0 Å². The van der Waals surface area contributed by atoms with Crippen molar-refractivity contribution in [2.75, 3.05) is 0 Å². The van der Waals surface area contributed by atoms with Crippen molar-refractivity contribution in [2.24, 2.45) is 0 Å². The molecule has 0 spiro atoms. The van der Waals surface area contributed by atoms with Gasteiger partial charge in [-0.25, -0.2) is 87.8 Å². The molecule has 6 aromatic carbocycles. The zero-order valence-electron chi connectivity index (χ0n) is 30.0. The number of rotatable bonds is 6. The van der Waals surface area contributed by atoms with Gasteiger partial charge < -0.3 is 0 Å². The smallest absolute Gasteiger partial charge is 0.207 e. The van der Waals surface area contributed by atoms with Crippen LogP contribution in [0.2, 0.25) is 0 Å². The molecule has 0 aliphatic heterocycles. The molecule has 63 heavy (non-hydrogen) atoms. The summed E-state index contributed by atoms with van der Waals surface area (Å²) >= 11 is 3.64. The van der Waals surface area contributed by atoms with Gasteiger partial charge in [0.2, 0.25) is 10.1 Å². The fourth-order valence-corrected chi connectivity index (χ4v) is 7.49. The van der Waals surface area contributed by atoms with Crippen LogP contribution in [0.25, 0.3) is 10.9 Å². The molecule has 0 aliphatic rings. The predicted molar refractivity (Wildman–Crippen MR) is 187 cm³/mol. The lowest BCUT2D eigenvalue weighted by atomic mass is 9.12. The number of para-hydroxylation sites is 1. The Hall–Kier alpha value is -6.13. The number of hydrogen-bond acceptors (Lipinski definition) is 0. The topological polar surface area (TPSA) is 3.88 Å². The van der Waals surface area contributed by atoms with Crippen LogP contribution in [0.5, 0.6) is 0 Å². The average molecular weight is 978 g/mol. The van der Waals surface area contributed by atoms with Crippen LogP contribution in [0.1, 0.15) is 5.56 Å². The van der Waals surface area contributed by atoms with Crippen molar-refractivity contribution in [3.8, 4) is 0 Å². The summed E-state index contributed by atoms with van der Waals surface area (Å²) in [4.78, 5) is 0. The molecule has 0 bridgehead atoms. The van der Waals surface area contributed by atoms with Gasteiger partial charge >= 0.3 is 0 Å². The van der Waals surface area contributed by atoms with E-state index in [-0.39, 0.29) is 0 Å². The lowest BCUT2D eigenvalue weighted by molar-refractivity contribution is -0.673. The molecular formula is C40H13BBrF20N. The van der Waals surface area contributed by atoms with Gasteiger partial charge in [-0.1, -0.05) is 42.5 Å². The molecule has 0 N–H and O–H groups in total. The van der Waals surface area contributed by atoms with Crippen molar-refractivity contribution in [1.29, 1.82) is 0 Å². The van der Waals surface area contributed by atoms with Gasteiger partial charge in [-0.2, -0.15) is 4.57 Å². The summed E-state index contributed by atoms with van der Waals surface area (Å²) in [6, 6.07) is 23.2. The Morgan fingerprint density at radius 2 is 0.587 bits per heavy atom. The third kappa shape index (κ3) is 7.22. The summed E-state index contributed by atoms with van der Waals surface area (Å²) in [6.45, 7) is 0.878. The zero-order valence-corrected chi connectivity index (χ0v) is 31.6. The van der Waals surface area contributed by atoms with Crippen molar-refractivity contribution in [1.82, 2.24) is 0 Å². The summed E-state index contributed by atoms with van der Waals surface area (Å²) < 4.78 is 297. The Kier molecular flexibility index (Phi) is 12.7. The minimum Gasteiger partial charge on any atom is -0.207 e. The standard InChI is InChI=1S/C24BF20.C16H13BrN/c26-5-1(6(27)14(35)21(42)13(5)34)25(2-7(28)15(36)22(43)16(37)8(2)29,3-9(30)17(38)23(44)18(39)10(3)31)4-11(32)19(40)24(45)20(41)12(4)33;17-16-11-10-14-8-4-5-9-15(14)18(16)12-13-6-2-1-3-7-13/h;1-11H,12H2/q-1;+1. The van der Waals surface area contributed by atoms with Crippen LogP contribution < -0.4 is 26.4 Å². The molecule has 0 saturated heterocycles. The second-order valence-corrected chi connectivity index (χ2v) is 13.9. The van der Waals surface area contributed by atoms with E-state index in [9.17, 15) is 52.7 Å².